The molecule has 0 aromatic heterocycles. The molecular formula is C28H27Cl. The molecule has 0 nitrogen and oxygen atoms in total. The number of halogens is 1. The molecule has 0 amide bonds. The summed E-state index contributed by atoms with van der Waals surface area (Å²) < 4.78 is 0. The van der Waals surface area contributed by atoms with Crippen molar-refractivity contribution in [3.63, 3.8) is 0 Å². The topological polar surface area (TPSA) is 0 Å². The highest BCUT2D eigenvalue weighted by molar-refractivity contribution is 6.31. The van der Waals surface area contributed by atoms with E-state index in [1.54, 1.807) is 0 Å². The Morgan fingerprint density at radius 2 is 1.45 bits per heavy atom. The Morgan fingerprint density at radius 1 is 0.724 bits per heavy atom. The fourth-order valence-corrected chi connectivity index (χ4v) is 4.90. The normalized spacial score (nSPS) is 13.4. The van der Waals surface area contributed by atoms with Crippen LogP contribution >= 0.6 is 11.6 Å². The average Bonchev–Trinajstić information content (AvgIpc) is 2.96. The molecule has 0 N–H and O–H groups in total. The average molecular weight is 399 g/mol. The molecule has 4 aromatic rings. The molecule has 146 valence electrons. The van der Waals surface area contributed by atoms with Gasteiger partial charge in [0.2, 0.25) is 0 Å². The first-order chi connectivity index (χ1) is 13.9. The van der Waals surface area contributed by atoms with Crippen molar-refractivity contribution in [2.45, 2.75) is 40.0 Å². The van der Waals surface area contributed by atoms with Crippen LogP contribution in [0.15, 0.2) is 72.8 Å². The van der Waals surface area contributed by atoms with Gasteiger partial charge in [-0.1, -0.05) is 93.9 Å². The van der Waals surface area contributed by atoms with E-state index in [1.807, 2.05) is 19.9 Å². The molecule has 0 fully saturated rings. The van der Waals surface area contributed by atoms with Gasteiger partial charge < -0.3 is 0 Å². The van der Waals surface area contributed by atoms with Crippen LogP contribution in [-0.2, 0) is 5.41 Å². The Kier molecular flexibility index (Phi) is 5.00. The molecule has 0 saturated heterocycles. The van der Waals surface area contributed by atoms with Crippen LogP contribution in [0.1, 0.15) is 44.4 Å². The standard InChI is InChI=1S/C26H21Cl.C2H6/c1-16-12-19(14-20(27)13-16)18-9-10-23-22(15-18)25-21-7-5-4-6-17(21)8-11-24(25)26(23,2)3;1-2/h4-15H,1-3H3;1-2H3. The molecule has 0 radical (unpaired) electrons. The minimum Gasteiger partial charge on any atom is -0.0843 e. The fraction of sp³-hybridized carbons (Fsp3) is 0.214. The van der Waals surface area contributed by atoms with Crippen molar-refractivity contribution in [1.82, 2.24) is 0 Å². The zero-order valence-electron chi connectivity index (χ0n) is 17.8. The van der Waals surface area contributed by atoms with Gasteiger partial charge in [-0.2, -0.15) is 0 Å². The van der Waals surface area contributed by atoms with Crippen LogP contribution < -0.4 is 0 Å². The van der Waals surface area contributed by atoms with E-state index < -0.39 is 0 Å². The van der Waals surface area contributed by atoms with Gasteiger partial charge in [0, 0.05) is 10.4 Å². The lowest BCUT2D eigenvalue weighted by Crippen LogP contribution is -2.14. The summed E-state index contributed by atoms with van der Waals surface area (Å²) >= 11 is 6.32. The molecule has 1 aliphatic carbocycles. The predicted molar refractivity (Wildman–Crippen MR) is 128 cm³/mol. The molecule has 0 unspecified atom stereocenters. The van der Waals surface area contributed by atoms with Crippen LogP contribution in [0.3, 0.4) is 0 Å². The molecule has 0 saturated carbocycles. The number of benzene rings is 4. The molecule has 0 atom stereocenters. The monoisotopic (exact) mass is 398 g/mol. The number of fused-ring (bicyclic) bond motifs is 5. The van der Waals surface area contributed by atoms with E-state index in [-0.39, 0.29) is 5.41 Å². The van der Waals surface area contributed by atoms with Crippen molar-refractivity contribution in [3.8, 4) is 22.3 Å². The van der Waals surface area contributed by atoms with Gasteiger partial charge in [-0.15, -0.1) is 0 Å². The smallest absolute Gasteiger partial charge is 0.0414 e. The van der Waals surface area contributed by atoms with Crippen LogP contribution in [0, 0.1) is 6.92 Å². The Bertz CT molecular complexity index is 1190. The summed E-state index contributed by atoms with van der Waals surface area (Å²) in [5.41, 5.74) is 9.13. The highest BCUT2D eigenvalue weighted by Gasteiger charge is 2.36. The van der Waals surface area contributed by atoms with E-state index in [0.29, 0.717) is 0 Å². The second-order valence-corrected chi connectivity index (χ2v) is 8.55. The molecule has 5 rings (SSSR count). The SMILES string of the molecule is CC.Cc1cc(Cl)cc(-c2ccc3c(c2)-c2c(ccc4ccccc24)C3(C)C)c1. The van der Waals surface area contributed by atoms with Crippen LogP contribution in [0.2, 0.25) is 5.02 Å². The summed E-state index contributed by atoms with van der Waals surface area (Å²) in [6.45, 7) is 10.7. The predicted octanol–water partition coefficient (Wildman–Crippen LogP) is 8.80. The number of rotatable bonds is 1. The van der Waals surface area contributed by atoms with E-state index in [4.69, 9.17) is 11.6 Å². The Morgan fingerprint density at radius 3 is 2.21 bits per heavy atom. The highest BCUT2D eigenvalue weighted by atomic mass is 35.5. The summed E-state index contributed by atoms with van der Waals surface area (Å²) in [5.74, 6) is 0. The summed E-state index contributed by atoms with van der Waals surface area (Å²) in [6, 6.07) is 26.4. The Hall–Kier alpha value is -2.57. The third-order valence-corrected chi connectivity index (χ3v) is 6.16. The molecule has 0 aliphatic heterocycles. The first-order valence-electron chi connectivity index (χ1n) is 10.4. The summed E-state index contributed by atoms with van der Waals surface area (Å²) in [7, 11) is 0. The van der Waals surface area contributed by atoms with Crippen LogP contribution in [0.4, 0.5) is 0 Å². The summed E-state index contributed by atoms with van der Waals surface area (Å²) in [4.78, 5) is 0. The number of hydrogen-bond acceptors (Lipinski definition) is 0. The van der Waals surface area contributed by atoms with Crippen molar-refractivity contribution in [2.24, 2.45) is 0 Å². The van der Waals surface area contributed by atoms with Gasteiger partial charge in [0.25, 0.3) is 0 Å². The van der Waals surface area contributed by atoms with Gasteiger partial charge in [-0.05, 0) is 74.8 Å². The van der Waals surface area contributed by atoms with Gasteiger partial charge in [-0.3, -0.25) is 0 Å². The molecule has 0 spiro atoms. The zero-order chi connectivity index (χ0) is 20.8. The van der Waals surface area contributed by atoms with Gasteiger partial charge in [0.15, 0.2) is 0 Å². The highest BCUT2D eigenvalue weighted by Crippen LogP contribution is 2.52. The third-order valence-electron chi connectivity index (χ3n) is 5.94. The Balaban J connectivity index is 0.000000994. The van der Waals surface area contributed by atoms with Gasteiger partial charge in [0.05, 0.1) is 0 Å². The van der Waals surface area contributed by atoms with Crippen molar-refractivity contribution in [1.29, 1.82) is 0 Å². The largest absolute Gasteiger partial charge is 0.0843 e. The maximum atomic E-state index is 6.32. The summed E-state index contributed by atoms with van der Waals surface area (Å²) in [5, 5.41) is 3.42. The van der Waals surface area contributed by atoms with Gasteiger partial charge in [-0.25, -0.2) is 0 Å². The van der Waals surface area contributed by atoms with E-state index in [0.717, 1.165) is 5.02 Å². The van der Waals surface area contributed by atoms with Crippen molar-refractivity contribution in [2.75, 3.05) is 0 Å². The maximum absolute atomic E-state index is 6.32. The lowest BCUT2D eigenvalue weighted by atomic mass is 9.82. The lowest BCUT2D eigenvalue weighted by Gasteiger charge is -2.21. The quantitative estimate of drug-likeness (QED) is 0.300. The number of aryl methyl sites for hydroxylation is 1. The van der Waals surface area contributed by atoms with E-state index in [9.17, 15) is 0 Å². The number of hydrogen-bond donors (Lipinski definition) is 0. The van der Waals surface area contributed by atoms with Crippen molar-refractivity contribution in [3.05, 3.63) is 94.5 Å². The molecule has 0 bridgehead atoms. The van der Waals surface area contributed by atoms with Crippen LogP contribution in [0.25, 0.3) is 33.0 Å². The van der Waals surface area contributed by atoms with Crippen molar-refractivity contribution < 1.29 is 0 Å². The molecule has 1 aliphatic rings. The second kappa shape index (κ2) is 7.35. The fourth-order valence-electron chi connectivity index (χ4n) is 4.61. The second-order valence-electron chi connectivity index (χ2n) is 8.11. The minimum atomic E-state index is 0.0114. The lowest BCUT2D eigenvalue weighted by molar-refractivity contribution is 0.661. The third kappa shape index (κ3) is 3.16. The maximum Gasteiger partial charge on any atom is 0.0414 e. The van der Waals surface area contributed by atoms with Gasteiger partial charge in [0.1, 0.15) is 0 Å². The Labute approximate surface area is 179 Å². The van der Waals surface area contributed by atoms with Gasteiger partial charge >= 0.3 is 0 Å². The first kappa shape index (κ1) is 19.7. The summed E-state index contributed by atoms with van der Waals surface area (Å²) in [6.07, 6.45) is 0. The van der Waals surface area contributed by atoms with Crippen LogP contribution in [-0.4, -0.2) is 0 Å². The van der Waals surface area contributed by atoms with Crippen molar-refractivity contribution >= 4 is 22.4 Å². The molecule has 1 heteroatoms. The zero-order valence-corrected chi connectivity index (χ0v) is 18.6. The van der Waals surface area contributed by atoms with Crippen LogP contribution in [0.5, 0.6) is 0 Å². The van der Waals surface area contributed by atoms with E-state index in [2.05, 4.69) is 87.5 Å². The first-order valence-corrected chi connectivity index (χ1v) is 10.8. The minimum absolute atomic E-state index is 0.0114. The molecule has 4 aromatic carbocycles. The molecule has 29 heavy (non-hydrogen) atoms. The van der Waals surface area contributed by atoms with E-state index >= 15 is 0 Å². The van der Waals surface area contributed by atoms with E-state index in [1.165, 1.54) is 49.7 Å². The molecular weight excluding hydrogens is 372 g/mol. The molecule has 0 heterocycles.